The molecule has 0 aromatic heterocycles. The van der Waals surface area contributed by atoms with Gasteiger partial charge in [-0.25, -0.2) is 0 Å². The van der Waals surface area contributed by atoms with Gasteiger partial charge in [0.2, 0.25) is 5.91 Å². The zero-order valence-electron chi connectivity index (χ0n) is 12.2. The van der Waals surface area contributed by atoms with Crippen LogP contribution in [0.3, 0.4) is 0 Å². The van der Waals surface area contributed by atoms with Crippen LogP contribution in [0, 0.1) is 5.92 Å². The summed E-state index contributed by atoms with van der Waals surface area (Å²) >= 11 is 0. The van der Waals surface area contributed by atoms with Crippen molar-refractivity contribution in [3.8, 4) is 0 Å². The third-order valence-electron chi connectivity index (χ3n) is 4.02. The van der Waals surface area contributed by atoms with E-state index in [1.807, 2.05) is 19.0 Å². The number of nitrogens with one attached hydrogen (secondary N) is 1. The molecule has 0 heterocycles. The van der Waals surface area contributed by atoms with Crippen LogP contribution in [-0.2, 0) is 9.53 Å². The maximum atomic E-state index is 12.1. The molecule has 1 fully saturated rings. The first-order valence-electron chi connectivity index (χ1n) is 7.00. The van der Waals surface area contributed by atoms with E-state index in [0.29, 0.717) is 31.0 Å². The normalized spacial score (nSPS) is 25.8. The number of carbonyl (C=O) groups excluding carboxylic acids is 1. The maximum absolute atomic E-state index is 12.1. The summed E-state index contributed by atoms with van der Waals surface area (Å²) in [6.45, 7) is 2.72. The van der Waals surface area contributed by atoms with Crippen molar-refractivity contribution in [3.05, 3.63) is 0 Å². The van der Waals surface area contributed by atoms with Crippen LogP contribution in [0.25, 0.3) is 0 Å². The molecule has 18 heavy (non-hydrogen) atoms. The van der Waals surface area contributed by atoms with Crippen LogP contribution < -0.4 is 5.32 Å². The minimum Gasteiger partial charge on any atom is -0.384 e. The topological polar surface area (TPSA) is 41.6 Å². The minimum absolute atomic E-state index is 0.257. The van der Waals surface area contributed by atoms with Crippen molar-refractivity contribution in [1.29, 1.82) is 0 Å². The Bertz CT molecular complexity index is 250. The number of nitrogens with zero attached hydrogens (tertiary/aromatic N) is 1. The van der Waals surface area contributed by atoms with E-state index in [4.69, 9.17) is 4.74 Å². The second kappa shape index (κ2) is 7.74. The maximum Gasteiger partial charge on any atom is 0.222 e. The average molecular weight is 256 g/mol. The lowest BCUT2D eigenvalue weighted by atomic mass is 9.90. The van der Waals surface area contributed by atoms with E-state index in [0.717, 1.165) is 12.8 Å². The molecule has 1 N–H and O–H groups in total. The van der Waals surface area contributed by atoms with Gasteiger partial charge in [0.05, 0.1) is 0 Å². The van der Waals surface area contributed by atoms with Crippen molar-refractivity contribution in [2.24, 2.45) is 5.92 Å². The fourth-order valence-electron chi connectivity index (χ4n) is 2.74. The van der Waals surface area contributed by atoms with Crippen molar-refractivity contribution in [2.75, 3.05) is 27.8 Å². The summed E-state index contributed by atoms with van der Waals surface area (Å²) in [5.41, 5.74) is 0. The number of hydrogen-bond donors (Lipinski definition) is 1. The highest BCUT2D eigenvalue weighted by Gasteiger charge is 2.26. The molecule has 4 heteroatoms. The SMILES string of the molecule is CNC1CCC(N(C)C(=O)CC(C)COC)CC1. The van der Waals surface area contributed by atoms with E-state index in [2.05, 4.69) is 12.2 Å². The van der Waals surface area contributed by atoms with E-state index in [9.17, 15) is 4.79 Å². The Kier molecular flexibility index (Phi) is 6.65. The van der Waals surface area contributed by atoms with E-state index in [1.165, 1.54) is 12.8 Å². The molecule has 1 amide bonds. The van der Waals surface area contributed by atoms with Crippen LogP contribution in [0.5, 0.6) is 0 Å². The van der Waals surface area contributed by atoms with Gasteiger partial charge in [-0.3, -0.25) is 4.79 Å². The van der Waals surface area contributed by atoms with Gasteiger partial charge < -0.3 is 15.0 Å². The summed E-state index contributed by atoms with van der Waals surface area (Å²) in [4.78, 5) is 14.1. The lowest BCUT2D eigenvalue weighted by Gasteiger charge is -2.35. The first-order chi connectivity index (χ1) is 8.58. The molecule has 0 aromatic carbocycles. The summed E-state index contributed by atoms with van der Waals surface area (Å²) in [5, 5.41) is 3.32. The highest BCUT2D eigenvalue weighted by atomic mass is 16.5. The van der Waals surface area contributed by atoms with E-state index in [-0.39, 0.29) is 5.91 Å². The number of hydrogen-bond acceptors (Lipinski definition) is 3. The van der Waals surface area contributed by atoms with Gasteiger partial charge in [-0.1, -0.05) is 6.92 Å². The van der Waals surface area contributed by atoms with Crippen LogP contribution in [0.1, 0.15) is 39.0 Å². The van der Waals surface area contributed by atoms with Gasteiger partial charge in [-0.05, 0) is 38.6 Å². The van der Waals surface area contributed by atoms with Crippen LogP contribution in [0.4, 0.5) is 0 Å². The lowest BCUT2D eigenvalue weighted by Crippen LogP contribution is -2.43. The van der Waals surface area contributed by atoms with Gasteiger partial charge in [-0.15, -0.1) is 0 Å². The number of methoxy groups -OCH3 is 1. The molecule has 1 unspecified atom stereocenters. The molecule has 1 aliphatic rings. The standard InChI is InChI=1S/C14H28N2O2/c1-11(10-18-4)9-14(17)16(3)13-7-5-12(15-2)6-8-13/h11-13,15H,5-10H2,1-4H3. The van der Waals surface area contributed by atoms with Gasteiger partial charge in [-0.2, -0.15) is 0 Å². The fourth-order valence-corrected chi connectivity index (χ4v) is 2.74. The molecule has 1 atom stereocenters. The summed E-state index contributed by atoms with van der Waals surface area (Å²) in [7, 11) is 5.65. The van der Waals surface area contributed by atoms with E-state index < -0.39 is 0 Å². The Morgan fingerprint density at radius 2 is 2.00 bits per heavy atom. The number of amides is 1. The first kappa shape index (κ1) is 15.4. The molecule has 106 valence electrons. The molecule has 0 bridgehead atoms. The van der Waals surface area contributed by atoms with Gasteiger partial charge in [0, 0.05) is 39.3 Å². The summed E-state index contributed by atoms with van der Waals surface area (Å²) in [6.07, 6.45) is 5.17. The molecule has 1 aliphatic carbocycles. The van der Waals surface area contributed by atoms with Gasteiger partial charge >= 0.3 is 0 Å². The fraction of sp³-hybridized carbons (Fsp3) is 0.929. The molecular weight excluding hydrogens is 228 g/mol. The smallest absolute Gasteiger partial charge is 0.222 e. The Balaban J connectivity index is 2.35. The largest absolute Gasteiger partial charge is 0.384 e. The predicted octanol–water partition coefficient (Wildman–Crippen LogP) is 1.65. The monoisotopic (exact) mass is 256 g/mol. The lowest BCUT2D eigenvalue weighted by molar-refractivity contribution is -0.133. The second-order valence-corrected chi connectivity index (χ2v) is 5.56. The third-order valence-corrected chi connectivity index (χ3v) is 4.02. The predicted molar refractivity (Wildman–Crippen MR) is 73.5 cm³/mol. The average Bonchev–Trinajstić information content (AvgIpc) is 2.38. The van der Waals surface area contributed by atoms with E-state index >= 15 is 0 Å². The minimum atomic E-state index is 0.257. The highest BCUT2D eigenvalue weighted by Crippen LogP contribution is 2.23. The molecule has 0 aliphatic heterocycles. The summed E-state index contributed by atoms with van der Waals surface area (Å²) in [6, 6.07) is 1.06. The van der Waals surface area contributed by atoms with Gasteiger partial charge in [0.25, 0.3) is 0 Å². The van der Waals surface area contributed by atoms with Crippen LogP contribution >= 0.6 is 0 Å². The first-order valence-corrected chi connectivity index (χ1v) is 7.00. The molecule has 0 spiro atoms. The molecule has 0 radical (unpaired) electrons. The quantitative estimate of drug-likeness (QED) is 0.785. The third kappa shape index (κ3) is 4.58. The van der Waals surface area contributed by atoms with Crippen LogP contribution in [-0.4, -0.2) is 50.7 Å². The van der Waals surface area contributed by atoms with Gasteiger partial charge in [0.1, 0.15) is 0 Å². The van der Waals surface area contributed by atoms with Crippen molar-refractivity contribution in [3.63, 3.8) is 0 Å². The van der Waals surface area contributed by atoms with Gasteiger partial charge in [0.15, 0.2) is 0 Å². The van der Waals surface area contributed by atoms with Crippen molar-refractivity contribution < 1.29 is 9.53 Å². The molecule has 0 saturated heterocycles. The molecule has 1 saturated carbocycles. The summed E-state index contributed by atoms with van der Waals surface area (Å²) < 4.78 is 5.08. The van der Waals surface area contributed by atoms with Crippen molar-refractivity contribution in [1.82, 2.24) is 10.2 Å². The Morgan fingerprint density at radius 3 is 2.50 bits per heavy atom. The Morgan fingerprint density at radius 1 is 1.39 bits per heavy atom. The molecule has 1 rings (SSSR count). The van der Waals surface area contributed by atoms with Crippen molar-refractivity contribution >= 4 is 5.91 Å². The van der Waals surface area contributed by atoms with E-state index in [1.54, 1.807) is 7.11 Å². The second-order valence-electron chi connectivity index (χ2n) is 5.56. The number of ether oxygens (including phenoxy) is 1. The Hall–Kier alpha value is -0.610. The molecule has 4 nitrogen and oxygen atoms in total. The zero-order chi connectivity index (χ0) is 13.5. The molecule has 0 aromatic rings. The van der Waals surface area contributed by atoms with Crippen molar-refractivity contribution in [2.45, 2.75) is 51.1 Å². The highest BCUT2D eigenvalue weighted by molar-refractivity contribution is 5.76. The zero-order valence-corrected chi connectivity index (χ0v) is 12.2. The van der Waals surface area contributed by atoms with Crippen LogP contribution in [0.15, 0.2) is 0 Å². The van der Waals surface area contributed by atoms with Crippen LogP contribution in [0.2, 0.25) is 0 Å². The number of carbonyl (C=O) groups is 1. The Labute approximate surface area is 111 Å². The molecular formula is C14H28N2O2. The number of rotatable bonds is 6. The summed E-state index contributed by atoms with van der Waals surface area (Å²) in [5.74, 6) is 0.561.